The average Bonchev–Trinajstić information content (AvgIpc) is 2.77. The molecule has 0 radical (unpaired) electrons. The van der Waals surface area contributed by atoms with Crippen LogP contribution in [-0.2, 0) is 6.42 Å². The molecule has 16 heavy (non-hydrogen) atoms. The topological polar surface area (TPSA) is 30.7 Å². The van der Waals surface area contributed by atoms with E-state index in [1.165, 1.54) is 5.56 Å². The zero-order valence-electron chi connectivity index (χ0n) is 10.0. The molecule has 0 N–H and O–H groups in total. The van der Waals surface area contributed by atoms with Gasteiger partial charge in [0.15, 0.2) is 0 Å². The van der Waals surface area contributed by atoms with Crippen LogP contribution in [0, 0.1) is 0 Å². The van der Waals surface area contributed by atoms with Gasteiger partial charge in [0.2, 0.25) is 0 Å². The lowest BCUT2D eigenvalue weighted by atomic mass is 10.0. The van der Waals surface area contributed by atoms with Crippen LogP contribution >= 0.6 is 0 Å². The molecule has 0 fully saturated rings. The summed E-state index contributed by atoms with van der Waals surface area (Å²) in [6.07, 6.45) is 2.76. The van der Waals surface area contributed by atoms with E-state index in [-0.39, 0.29) is 0 Å². The number of hydrogen-bond donors (Lipinski definition) is 0. The molecular weight excluding hydrogens is 198 g/mol. The minimum absolute atomic E-state index is 0.536. The van der Waals surface area contributed by atoms with E-state index in [0.29, 0.717) is 5.92 Å². The van der Waals surface area contributed by atoms with Crippen molar-refractivity contribution in [1.82, 2.24) is 15.0 Å². The summed E-state index contributed by atoms with van der Waals surface area (Å²) in [5.74, 6) is 0.536. The Bertz CT molecular complexity index is 472. The van der Waals surface area contributed by atoms with Gasteiger partial charge < -0.3 is 0 Å². The summed E-state index contributed by atoms with van der Waals surface area (Å²) in [7, 11) is 0. The van der Waals surface area contributed by atoms with Crippen LogP contribution in [0.5, 0.6) is 0 Å². The Balaban J connectivity index is 2.44. The molecule has 0 spiro atoms. The van der Waals surface area contributed by atoms with Crippen molar-refractivity contribution in [3.05, 3.63) is 41.7 Å². The number of rotatable bonds is 3. The van der Waals surface area contributed by atoms with Gasteiger partial charge in [-0.1, -0.05) is 38.1 Å². The number of hydrogen-bond acceptors (Lipinski definition) is 2. The lowest BCUT2D eigenvalue weighted by Crippen LogP contribution is -2.02. The van der Waals surface area contributed by atoms with Crippen LogP contribution < -0.4 is 0 Å². The van der Waals surface area contributed by atoms with Crippen molar-refractivity contribution in [1.29, 1.82) is 0 Å². The molecule has 0 bridgehead atoms. The average molecular weight is 215 g/mol. The van der Waals surface area contributed by atoms with Crippen molar-refractivity contribution in [2.24, 2.45) is 0 Å². The van der Waals surface area contributed by atoms with Crippen LogP contribution in [0.15, 0.2) is 30.5 Å². The summed E-state index contributed by atoms with van der Waals surface area (Å²) in [6.45, 7) is 6.50. The fraction of sp³-hybridized carbons (Fsp3) is 0.385. The molecule has 0 aliphatic rings. The maximum absolute atomic E-state index is 4.12. The first-order valence-corrected chi connectivity index (χ1v) is 5.72. The molecule has 1 aromatic carbocycles. The van der Waals surface area contributed by atoms with Crippen molar-refractivity contribution < 1.29 is 0 Å². The van der Waals surface area contributed by atoms with Crippen molar-refractivity contribution in [2.45, 2.75) is 33.1 Å². The smallest absolute Gasteiger partial charge is 0.0729 e. The molecule has 0 saturated heterocycles. The van der Waals surface area contributed by atoms with Crippen molar-refractivity contribution >= 4 is 0 Å². The molecule has 3 nitrogen and oxygen atoms in total. The van der Waals surface area contributed by atoms with Gasteiger partial charge in [0.1, 0.15) is 0 Å². The molecule has 84 valence electrons. The Kier molecular flexibility index (Phi) is 3.04. The zero-order chi connectivity index (χ0) is 11.5. The summed E-state index contributed by atoms with van der Waals surface area (Å²) in [5.41, 5.74) is 3.57. The van der Waals surface area contributed by atoms with Crippen LogP contribution in [-0.4, -0.2) is 15.0 Å². The minimum Gasteiger partial charge on any atom is -0.218 e. The summed E-state index contributed by atoms with van der Waals surface area (Å²) in [4.78, 5) is 0. The van der Waals surface area contributed by atoms with Crippen LogP contribution in [0.4, 0.5) is 0 Å². The molecule has 2 aromatic rings. The molecular formula is C13H17N3. The molecule has 1 aromatic heterocycles. The maximum atomic E-state index is 4.12. The zero-order valence-corrected chi connectivity index (χ0v) is 10.0. The van der Waals surface area contributed by atoms with Gasteiger partial charge in [-0.05, 0) is 30.0 Å². The summed E-state index contributed by atoms with van der Waals surface area (Å²) >= 11 is 0. The monoisotopic (exact) mass is 215 g/mol. The van der Waals surface area contributed by atoms with Crippen molar-refractivity contribution in [3.8, 4) is 5.69 Å². The Morgan fingerprint density at radius 3 is 2.81 bits per heavy atom. The Morgan fingerprint density at radius 2 is 2.12 bits per heavy atom. The van der Waals surface area contributed by atoms with E-state index in [0.717, 1.165) is 17.8 Å². The van der Waals surface area contributed by atoms with Gasteiger partial charge in [0.25, 0.3) is 0 Å². The van der Waals surface area contributed by atoms with E-state index in [9.17, 15) is 0 Å². The van der Waals surface area contributed by atoms with E-state index in [2.05, 4.69) is 55.3 Å². The predicted octanol–water partition coefficient (Wildman–Crippen LogP) is 2.95. The van der Waals surface area contributed by atoms with E-state index in [1.807, 2.05) is 10.9 Å². The first kappa shape index (κ1) is 10.9. The van der Waals surface area contributed by atoms with Gasteiger partial charge in [-0.3, -0.25) is 0 Å². The Hall–Kier alpha value is -1.64. The fourth-order valence-electron chi connectivity index (χ4n) is 1.73. The van der Waals surface area contributed by atoms with Gasteiger partial charge in [-0.2, -0.15) is 0 Å². The molecule has 0 atom stereocenters. The maximum Gasteiger partial charge on any atom is 0.0729 e. The van der Waals surface area contributed by atoms with Gasteiger partial charge in [-0.15, -0.1) is 5.10 Å². The highest BCUT2D eigenvalue weighted by Crippen LogP contribution is 2.18. The Morgan fingerprint density at radius 1 is 1.31 bits per heavy atom. The lowest BCUT2D eigenvalue weighted by Gasteiger charge is -2.09. The summed E-state index contributed by atoms with van der Waals surface area (Å²) in [6, 6.07) is 8.47. The highest BCUT2D eigenvalue weighted by atomic mass is 15.4. The number of nitrogens with zero attached hydrogens (tertiary/aromatic N) is 3. The second kappa shape index (κ2) is 4.47. The molecule has 2 rings (SSSR count). The normalized spacial score (nSPS) is 11.0. The predicted molar refractivity (Wildman–Crippen MR) is 64.8 cm³/mol. The number of benzene rings is 1. The number of aryl methyl sites for hydroxylation is 1. The van der Waals surface area contributed by atoms with Gasteiger partial charge in [-0.25, -0.2) is 4.68 Å². The minimum atomic E-state index is 0.536. The van der Waals surface area contributed by atoms with Crippen LogP contribution in [0.1, 0.15) is 37.9 Å². The first-order chi connectivity index (χ1) is 7.72. The molecule has 0 aliphatic heterocycles. The van der Waals surface area contributed by atoms with Crippen LogP contribution in [0.25, 0.3) is 5.69 Å². The molecule has 0 amide bonds. The standard InChI is InChI=1S/C13H17N3/c1-4-12-9-14-15-16(12)13-7-5-6-11(8-13)10(2)3/h5-10H,4H2,1-3H3. The van der Waals surface area contributed by atoms with Crippen molar-refractivity contribution in [2.75, 3.05) is 0 Å². The first-order valence-electron chi connectivity index (χ1n) is 5.72. The van der Waals surface area contributed by atoms with Crippen LogP contribution in [0.3, 0.4) is 0 Å². The van der Waals surface area contributed by atoms with Gasteiger partial charge in [0.05, 0.1) is 17.6 Å². The lowest BCUT2D eigenvalue weighted by molar-refractivity contribution is 0.762. The van der Waals surface area contributed by atoms with E-state index in [4.69, 9.17) is 0 Å². The summed E-state index contributed by atoms with van der Waals surface area (Å²) in [5, 5.41) is 8.08. The number of aromatic nitrogens is 3. The second-order valence-corrected chi connectivity index (χ2v) is 4.24. The molecule has 0 unspecified atom stereocenters. The molecule has 3 heteroatoms. The Labute approximate surface area is 96.1 Å². The van der Waals surface area contributed by atoms with Crippen molar-refractivity contribution in [3.63, 3.8) is 0 Å². The third-order valence-electron chi connectivity index (χ3n) is 2.76. The quantitative estimate of drug-likeness (QED) is 0.788. The highest BCUT2D eigenvalue weighted by molar-refractivity contribution is 5.37. The molecule has 1 heterocycles. The van der Waals surface area contributed by atoms with E-state index >= 15 is 0 Å². The summed E-state index contributed by atoms with van der Waals surface area (Å²) < 4.78 is 1.91. The second-order valence-electron chi connectivity index (χ2n) is 4.24. The van der Waals surface area contributed by atoms with Gasteiger partial charge >= 0.3 is 0 Å². The third-order valence-corrected chi connectivity index (χ3v) is 2.76. The molecule has 0 saturated carbocycles. The van der Waals surface area contributed by atoms with E-state index < -0.39 is 0 Å². The fourth-order valence-corrected chi connectivity index (χ4v) is 1.73. The SMILES string of the molecule is CCc1cnnn1-c1cccc(C(C)C)c1. The third kappa shape index (κ3) is 1.98. The molecule has 0 aliphatic carbocycles. The van der Waals surface area contributed by atoms with Gasteiger partial charge in [0, 0.05) is 0 Å². The van der Waals surface area contributed by atoms with E-state index in [1.54, 1.807) is 0 Å². The largest absolute Gasteiger partial charge is 0.218 e. The van der Waals surface area contributed by atoms with Crippen LogP contribution in [0.2, 0.25) is 0 Å². The highest BCUT2D eigenvalue weighted by Gasteiger charge is 2.06.